The molecule has 6 nitrogen and oxygen atoms in total. The van der Waals surface area contributed by atoms with E-state index in [1.165, 1.54) is 0 Å². The average Bonchev–Trinajstić information content (AvgIpc) is 2.89. The Balaban J connectivity index is 1.75. The number of ether oxygens (including phenoxy) is 1. The van der Waals surface area contributed by atoms with Crippen LogP contribution in [0, 0.1) is 18.3 Å². The number of nitrogens with zero attached hydrogens (tertiary/aromatic N) is 3. The third kappa shape index (κ3) is 1.99. The Morgan fingerprint density at radius 1 is 1.33 bits per heavy atom. The molecule has 0 bridgehead atoms. The summed E-state index contributed by atoms with van der Waals surface area (Å²) >= 11 is 0. The minimum Gasteiger partial charge on any atom is -0.384 e. The van der Waals surface area contributed by atoms with Gasteiger partial charge in [0.05, 0.1) is 23.1 Å². The smallest absolute Gasteiger partial charge is 0.260 e. The van der Waals surface area contributed by atoms with Crippen LogP contribution >= 0.6 is 0 Å². The Bertz CT molecular complexity index is 910. The van der Waals surface area contributed by atoms with Crippen LogP contribution in [0.3, 0.4) is 0 Å². The molecule has 0 N–H and O–H groups in total. The molecule has 1 saturated heterocycles. The van der Waals surface area contributed by atoms with Gasteiger partial charge >= 0.3 is 0 Å². The highest BCUT2D eigenvalue weighted by Crippen LogP contribution is 2.58. The first-order valence-corrected chi connectivity index (χ1v) is 8.31. The fourth-order valence-corrected chi connectivity index (χ4v) is 4.50. The number of carbonyl (C=O) groups is 1. The van der Waals surface area contributed by atoms with E-state index in [2.05, 4.69) is 0 Å². The van der Waals surface area contributed by atoms with Crippen molar-refractivity contribution in [2.75, 3.05) is 26.8 Å². The molecule has 0 aromatic carbocycles. The zero-order valence-corrected chi connectivity index (χ0v) is 14.6. The largest absolute Gasteiger partial charge is 0.384 e. The highest BCUT2D eigenvalue weighted by atomic mass is 16.5. The number of pyridine rings is 1. The second-order valence-corrected chi connectivity index (χ2v) is 7.49. The summed E-state index contributed by atoms with van der Waals surface area (Å²) in [5.74, 6) is 0.506. The molecule has 0 radical (unpaired) electrons. The first kappa shape index (κ1) is 15.4. The highest BCUT2D eigenvalue weighted by molar-refractivity contribution is 6.07. The second-order valence-electron chi connectivity index (χ2n) is 7.49. The molecule has 1 amide bonds. The van der Waals surface area contributed by atoms with Crippen molar-refractivity contribution in [2.24, 2.45) is 25.4 Å². The number of aryl methyl sites for hydroxylation is 3. The molecule has 2 aromatic heterocycles. The van der Waals surface area contributed by atoms with Crippen LogP contribution in [0.25, 0.3) is 10.9 Å². The first-order valence-electron chi connectivity index (χ1n) is 8.31. The third-order valence-corrected chi connectivity index (χ3v) is 5.73. The average molecular weight is 329 g/mol. The molecule has 24 heavy (non-hydrogen) atoms. The molecular formula is C18H23N3O3. The Labute approximate surface area is 140 Å². The van der Waals surface area contributed by atoms with Gasteiger partial charge in [-0.05, 0) is 24.8 Å². The summed E-state index contributed by atoms with van der Waals surface area (Å²) in [6, 6.07) is 0. The van der Waals surface area contributed by atoms with Crippen molar-refractivity contribution in [3.05, 3.63) is 33.9 Å². The quantitative estimate of drug-likeness (QED) is 0.853. The summed E-state index contributed by atoms with van der Waals surface area (Å²) in [5, 5.41) is 0.534. The number of piperidine rings is 1. The SMILES string of the molecule is COC[C@]12C[C@H]1CN(C(=O)c1cn(C)c3c(C)cn(C)c(=O)c13)C2. The fraction of sp³-hybridized carbons (Fsp3) is 0.556. The maximum absolute atomic E-state index is 13.1. The Hall–Kier alpha value is -2.08. The van der Waals surface area contributed by atoms with Gasteiger partial charge in [0.2, 0.25) is 0 Å². The van der Waals surface area contributed by atoms with Gasteiger partial charge < -0.3 is 18.8 Å². The van der Waals surface area contributed by atoms with Gasteiger partial charge in [0, 0.05) is 52.1 Å². The van der Waals surface area contributed by atoms with Crippen LogP contribution in [-0.4, -0.2) is 46.7 Å². The van der Waals surface area contributed by atoms with Gasteiger partial charge in [-0.1, -0.05) is 0 Å². The van der Waals surface area contributed by atoms with Gasteiger partial charge in [-0.2, -0.15) is 0 Å². The van der Waals surface area contributed by atoms with E-state index in [0.29, 0.717) is 23.5 Å². The Morgan fingerprint density at radius 3 is 2.79 bits per heavy atom. The van der Waals surface area contributed by atoms with Crippen LogP contribution in [0.5, 0.6) is 0 Å². The lowest BCUT2D eigenvalue weighted by Gasteiger charge is -2.20. The van der Waals surface area contributed by atoms with Gasteiger partial charge in [-0.25, -0.2) is 0 Å². The van der Waals surface area contributed by atoms with Crippen molar-refractivity contribution in [3.8, 4) is 0 Å². The predicted octanol–water partition coefficient (Wildman–Crippen LogP) is 1.29. The monoisotopic (exact) mass is 329 g/mol. The standard InChI is InChI=1S/C18H23N3O3/c1-11-6-20(3)17(23)14-13(8-19(2)15(11)14)16(22)21-7-12-5-18(12,9-21)10-24-4/h6,8,12H,5,7,9-10H2,1-4H3/t12-,18+/m0/s1. The van der Waals surface area contributed by atoms with Gasteiger partial charge in [-0.3, -0.25) is 9.59 Å². The van der Waals surface area contributed by atoms with Gasteiger partial charge in [0.1, 0.15) is 0 Å². The molecule has 2 aromatic rings. The first-order chi connectivity index (χ1) is 11.4. The van der Waals surface area contributed by atoms with E-state index in [-0.39, 0.29) is 16.9 Å². The maximum atomic E-state index is 13.1. The Morgan fingerprint density at radius 2 is 2.08 bits per heavy atom. The molecule has 2 atom stereocenters. The Kier molecular flexibility index (Phi) is 3.19. The highest BCUT2D eigenvalue weighted by Gasteiger charge is 2.60. The topological polar surface area (TPSA) is 56.5 Å². The van der Waals surface area contributed by atoms with E-state index in [4.69, 9.17) is 4.74 Å². The number of methoxy groups -OCH3 is 1. The lowest BCUT2D eigenvalue weighted by atomic mass is 10.1. The molecule has 128 valence electrons. The zero-order valence-electron chi connectivity index (χ0n) is 14.6. The molecule has 4 rings (SSSR count). The van der Waals surface area contributed by atoms with E-state index in [0.717, 1.165) is 30.6 Å². The number of amides is 1. The van der Waals surface area contributed by atoms with Crippen LogP contribution in [0.4, 0.5) is 0 Å². The number of hydrogen-bond acceptors (Lipinski definition) is 3. The molecular weight excluding hydrogens is 306 g/mol. The number of likely N-dealkylation sites (tertiary alicyclic amines) is 1. The summed E-state index contributed by atoms with van der Waals surface area (Å²) in [5.41, 5.74) is 2.39. The van der Waals surface area contributed by atoms with E-state index in [1.807, 2.05) is 29.6 Å². The molecule has 0 spiro atoms. The summed E-state index contributed by atoms with van der Waals surface area (Å²) in [6.45, 7) is 4.17. The van der Waals surface area contributed by atoms with Gasteiger partial charge in [-0.15, -0.1) is 0 Å². The minimum atomic E-state index is -0.115. The summed E-state index contributed by atoms with van der Waals surface area (Å²) < 4.78 is 8.78. The number of rotatable bonds is 3. The molecule has 1 aliphatic carbocycles. The fourth-order valence-electron chi connectivity index (χ4n) is 4.50. The van der Waals surface area contributed by atoms with Crippen molar-refractivity contribution in [3.63, 3.8) is 0 Å². The van der Waals surface area contributed by atoms with Crippen molar-refractivity contribution < 1.29 is 9.53 Å². The third-order valence-electron chi connectivity index (χ3n) is 5.73. The molecule has 0 unspecified atom stereocenters. The van der Waals surface area contributed by atoms with E-state index < -0.39 is 0 Å². The van der Waals surface area contributed by atoms with Crippen LogP contribution in [0.1, 0.15) is 22.3 Å². The minimum absolute atomic E-state index is 0.0361. The van der Waals surface area contributed by atoms with Crippen LogP contribution < -0.4 is 5.56 Å². The number of hydrogen-bond donors (Lipinski definition) is 0. The van der Waals surface area contributed by atoms with E-state index >= 15 is 0 Å². The van der Waals surface area contributed by atoms with Gasteiger partial charge in [0.25, 0.3) is 11.5 Å². The molecule has 3 heterocycles. The van der Waals surface area contributed by atoms with E-state index in [9.17, 15) is 9.59 Å². The summed E-state index contributed by atoms with van der Waals surface area (Å²) in [6.07, 6.45) is 4.76. The number of fused-ring (bicyclic) bond motifs is 2. The van der Waals surface area contributed by atoms with Crippen molar-refractivity contribution in [1.82, 2.24) is 14.0 Å². The summed E-state index contributed by atoms with van der Waals surface area (Å²) in [4.78, 5) is 27.6. The normalized spacial score (nSPS) is 25.3. The van der Waals surface area contributed by atoms with Gasteiger partial charge in [0.15, 0.2) is 0 Å². The molecule has 1 saturated carbocycles. The van der Waals surface area contributed by atoms with Crippen molar-refractivity contribution in [1.29, 1.82) is 0 Å². The molecule has 1 aliphatic heterocycles. The maximum Gasteiger partial charge on any atom is 0.260 e. The van der Waals surface area contributed by atoms with Crippen molar-refractivity contribution in [2.45, 2.75) is 13.3 Å². The predicted molar refractivity (Wildman–Crippen MR) is 91.2 cm³/mol. The lowest BCUT2D eigenvalue weighted by molar-refractivity contribution is 0.0736. The number of aromatic nitrogens is 2. The summed E-state index contributed by atoms with van der Waals surface area (Å²) in [7, 11) is 5.33. The molecule has 6 heteroatoms. The molecule has 2 aliphatic rings. The zero-order chi connectivity index (χ0) is 17.2. The van der Waals surface area contributed by atoms with Crippen molar-refractivity contribution >= 4 is 16.8 Å². The molecule has 2 fully saturated rings. The lowest BCUT2D eigenvalue weighted by Crippen LogP contribution is -2.33. The van der Waals surface area contributed by atoms with Crippen LogP contribution in [0.15, 0.2) is 17.2 Å². The number of carbonyl (C=O) groups excluding carboxylic acids is 1. The van der Waals surface area contributed by atoms with E-state index in [1.54, 1.807) is 24.9 Å². The second kappa shape index (κ2) is 4.96. The van der Waals surface area contributed by atoms with Crippen LogP contribution in [0.2, 0.25) is 0 Å². The van der Waals surface area contributed by atoms with Crippen LogP contribution in [-0.2, 0) is 18.8 Å².